The van der Waals surface area contributed by atoms with Gasteiger partial charge < -0.3 is 31.9 Å². The maximum atomic E-state index is 15.0. The van der Waals surface area contributed by atoms with Gasteiger partial charge in [-0.15, -0.1) is 0 Å². The molecule has 666 valence electrons. The molecule has 6 N–H and O–H groups in total. The number of hydrogen-bond donors (Lipinski definition) is 6. The van der Waals surface area contributed by atoms with Crippen LogP contribution in [0.15, 0.2) is 0 Å². The van der Waals surface area contributed by atoms with E-state index in [1.54, 1.807) is 0 Å². The Morgan fingerprint density at radius 2 is 0.193 bits per heavy atom. The minimum atomic E-state index is -0.287. The van der Waals surface area contributed by atoms with Crippen LogP contribution in [0, 0.1) is 0 Å². The molecule has 0 heterocycles. The van der Waals surface area contributed by atoms with Crippen LogP contribution in [0.4, 0.5) is 34.1 Å². The van der Waals surface area contributed by atoms with Gasteiger partial charge in [0.25, 0.3) is 0 Å². The van der Waals surface area contributed by atoms with Crippen molar-refractivity contribution in [3.05, 3.63) is 0 Å². The molecule has 0 aromatic heterocycles. The smallest absolute Gasteiger partial charge is 0.224 e. The number of carbonyl (C=O) groups excluding carboxylic acids is 6. The van der Waals surface area contributed by atoms with Crippen molar-refractivity contribution >= 4 is 69.6 Å². The lowest BCUT2D eigenvalue weighted by Crippen LogP contribution is -2.26. The molecule has 12 heteroatoms. The quantitative estimate of drug-likeness (QED) is 0.0354. The Labute approximate surface area is 707 Å². The predicted molar refractivity (Wildman–Crippen MR) is 500 cm³/mol. The lowest BCUT2D eigenvalue weighted by atomic mass is 10.0. The van der Waals surface area contributed by atoms with Crippen LogP contribution >= 0.6 is 0 Å². The summed E-state index contributed by atoms with van der Waals surface area (Å²) < 4.78 is 0. The molecule has 0 aliphatic carbocycles. The molecule has 0 fully saturated rings. The third-order valence-corrected chi connectivity index (χ3v) is 24.1. The van der Waals surface area contributed by atoms with Crippen LogP contribution in [0.3, 0.4) is 0 Å². The summed E-state index contributed by atoms with van der Waals surface area (Å²) in [4.78, 5) is 89.7. The van der Waals surface area contributed by atoms with E-state index >= 15 is 0 Å². The zero-order chi connectivity index (χ0) is 82.6. The fraction of sp³-hybridized carbons (Fsp3) is 0.882. The first-order valence-electron chi connectivity index (χ1n) is 51.1. The van der Waals surface area contributed by atoms with Gasteiger partial charge in [0.15, 0.2) is 0 Å². The zero-order valence-electron chi connectivity index (χ0n) is 76.8. The largest absolute Gasteiger partial charge is 0.322 e. The molecule has 0 saturated heterocycles. The Morgan fingerprint density at radius 1 is 0.123 bits per heavy atom. The molecule has 0 saturated carbocycles. The normalized spacial score (nSPS) is 11.4. The Bertz CT molecular complexity index is 1930. The van der Waals surface area contributed by atoms with Crippen LogP contribution in [-0.4, -0.2) is 35.4 Å². The molecular formula is C102H192N6O6. The maximum Gasteiger partial charge on any atom is 0.224 e. The first kappa shape index (κ1) is 108. The van der Waals surface area contributed by atoms with Crippen LogP contribution in [0.1, 0.15) is 581 Å². The lowest BCUT2D eigenvalue weighted by molar-refractivity contribution is -0.117. The fourth-order valence-electron chi connectivity index (χ4n) is 16.5. The van der Waals surface area contributed by atoms with E-state index in [-0.39, 0.29) is 108 Å². The lowest BCUT2D eigenvalue weighted by Gasteiger charge is -2.28. The molecule has 0 aliphatic heterocycles. The van der Waals surface area contributed by atoms with Crippen molar-refractivity contribution in [2.24, 2.45) is 0 Å². The van der Waals surface area contributed by atoms with Gasteiger partial charge in [0.05, 0.1) is 34.1 Å². The van der Waals surface area contributed by atoms with E-state index in [0.717, 1.165) is 116 Å². The van der Waals surface area contributed by atoms with Crippen molar-refractivity contribution in [3.8, 4) is 0 Å². The van der Waals surface area contributed by atoms with Gasteiger partial charge in [0, 0.05) is 38.5 Å². The predicted octanol–water partition coefficient (Wildman–Crippen LogP) is 34.2. The van der Waals surface area contributed by atoms with Crippen molar-refractivity contribution < 1.29 is 28.8 Å². The Hall–Kier alpha value is -3.96. The molecule has 1 aromatic rings. The number of rotatable bonds is 90. The van der Waals surface area contributed by atoms with Gasteiger partial charge in [-0.2, -0.15) is 0 Å². The molecular weight excluding hydrogens is 1410 g/mol. The summed E-state index contributed by atoms with van der Waals surface area (Å²) in [6.07, 6.45) is 93.1. The third-order valence-electron chi connectivity index (χ3n) is 24.1. The number of benzene rings is 1. The highest BCUT2D eigenvalue weighted by Gasteiger charge is 2.31. The monoisotopic (exact) mass is 1600 g/mol. The van der Waals surface area contributed by atoms with E-state index in [9.17, 15) is 28.8 Å². The van der Waals surface area contributed by atoms with Crippen LogP contribution in [0.2, 0.25) is 0 Å². The van der Waals surface area contributed by atoms with Crippen LogP contribution in [-0.2, 0) is 28.8 Å². The van der Waals surface area contributed by atoms with Crippen molar-refractivity contribution in [2.75, 3.05) is 31.9 Å². The molecule has 0 radical (unpaired) electrons. The molecule has 6 amide bonds. The molecule has 0 unspecified atom stereocenters. The highest BCUT2D eigenvalue weighted by atomic mass is 16.2. The number of hydrogen-bond acceptors (Lipinski definition) is 6. The van der Waals surface area contributed by atoms with Gasteiger partial charge in [-0.25, -0.2) is 0 Å². The Balaban J connectivity index is 4.05. The first-order valence-corrected chi connectivity index (χ1v) is 51.1. The van der Waals surface area contributed by atoms with Crippen LogP contribution in [0.25, 0.3) is 0 Å². The molecule has 0 spiro atoms. The van der Waals surface area contributed by atoms with Gasteiger partial charge in [-0.1, -0.05) is 504 Å². The van der Waals surface area contributed by atoms with Gasteiger partial charge in [0.1, 0.15) is 0 Å². The zero-order valence-corrected chi connectivity index (χ0v) is 76.8. The van der Waals surface area contributed by atoms with Crippen LogP contribution in [0.5, 0.6) is 0 Å². The minimum absolute atomic E-state index is 0.120. The van der Waals surface area contributed by atoms with E-state index in [2.05, 4.69) is 73.4 Å². The van der Waals surface area contributed by atoms with E-state index in [4.69, 9.17) is 0 Å². The van der Waals surface area contributed by atoms with Gasteiger partial charge in [-0.3, -0.25) is 28.8 Å². The Morgan fingerprint density at radius 3 is 0.272 bits per heavy atom. The van der Waals surface area contributed by atoms with Gasteiger partial charge in [-0.05, 0) is 38.5 Å². The average Bonchev–Trinajstić information content (AvgIpc) is 0.757. The second-order valence-corrected chi connectivity index (χ2v) is 35.5. The summed E-state index contributed by atoms with van der Waals surface area (Å²) in [6, 6.07) is 0. The van der Waals surface area contributed by atoms with E-state index in [1.807, 2.05) is 0 Å². The molecule has 0 aliphatic rings. The number of unbranched alkanes of at least 4 members (excludes halogenated alkanes) is 72. The molecule has 114 heavy (non-hydrogen) atoms. The van der Waals surface area contributed by atoms with Gasteiger partial charge >= 0.3 is 0 Å². The second-order valence-electron chi connectivity index (χ2n) is 35.5. The number of amides is 6. The molecule has 0 bridgehead atoms. The van der Waals surface area contributed by atoms with E-state index in [0.29, 0.717) is 38.5 Å². The summed E-state index contributed by atoms with van der Waals surface area (Å²) in [5.74, 6) is -1.72. The van der Waals surface area contributed by atoms with Crippen molar-refractivity contribution in [3.63, 3.8) is 0 Å². The first-order chi connectivity index (χ1) is 56.1. The minimum Gasteiger partial charge on any atom is -0.322 e. The van der Waals surface area contributed by atoms with Crippen LogP contribution < -0.4 is 31.9 Å². The van der Waals surface area contributed by atoms with Crippen molar-refractivity contribution in [1.82, 2.24) is 0 Å². The molecule has 1 rings (SSSR count). The number of anilines is 6. The Kier molecular flexibility index (Phi) is 81.0. The summed E-state index contributed by atoms with van der Waals surface area (Å²) in [5.41, 5.74) is 0.717. The summed E-state index contributed by atoms with van der Waals surface area (Å²) >= 11 is 0. The molecule has 0 atom stereocenters. The molecule has 1 aromatic carbocycles. The van der Waals surface area contributed by atoms with Gasteiger partial charge in [0.2, 0.25) is 35.4 Å². The highest BCUT2D eigenvalue weighted by molar-refractivity contribution is 6.22. The second kappa shape index (κ2) is 85.5. The summed E-state index contributed by atoms with van der Waals surface area (Å²) in [7, 11) is 0. The average molecular weight is 1600 g/mol. The van der Waals surface area contributed by atoms with Crippen molar-refractivity contribution in [1.29, 1.82) is 0 Å². The third kappa shape index (κ3) is 68.9. The number of carbonyl (C=O) groups is 6. The van der Waals surface area contributed by atoms with E-state index < -0.39 is 0 Å². The SMILES string of the molecule is CCCCCCCCCCCCCCCC(=O)Nc1c(NC(=O)CCCCCCCCCCCCCCC)c(NC(=O)CCCCCCCCCCCCCCC)c(NC(=O)CCCCCCCCCCCCCCC)c(NC(=O)CCCCCCCCCCCCCCC)c1NC(=O)CCCCCCCCCCCCCCC. The number of nitrogens with one attached hydrogen (secondary N) is 6. The topological polar surface area (TPSA) is 175 Å². The maximum absolute atomic E-state index is 15.0. The molecule has 12 nitrogen and oxygen atoms in total. The van der Waals surface area contributed by atoms with E-state index in [1.165, 1.54) is 347 Å². The summed E-state index contributed by atoms with van der Waals surface area (Å²) in [5, 5.41) is 19.6. The fourth-order valence-corrected chi connectivity index (χ4v) is 16.5. The summed E-state index contributed by atoms with van der Waals surface area (Å²) in [6.45, 7) is 13.6. The standard InChI is InChI=1S/C102H192N6O6/c1-7-13-19-25-31-37-43-49-55-61-67-73-79-85-91(109)103-97-98(104-92(110)86-80-74-68-62-56-50-44-38-32-26-20-14-8-2)100(106-94(112)88-82-76-70-64-58-52-46-40-34-28-22-16-10-4)102(108-96(114)90-84-78-72-66-60-54-48-42-36-30-24-18-12-6)101(107-95(113)89-83-77-71-65-59-53-47-41-35-29-23-17-11-5)99(97)105-93(111)87-81-75-69-63-57-51-45-39-33-27-21-15-9-3/h7-90H2,1-6H3,(H,103,109)(H,104,110)(H,105,111)(H,106,112)(H,107,113)(H,108,114). The highest BCUT2D eigenvalue weighted by Crippen LogP contribution is 2.51. The van der Waals surface area contributed by atoms with Crippen molar-refractivity contribution in [2.45, 2.75) is 581 Å².